The van der Waals surface area contributed by atoms with Gasteiger partial charge in [-0.2, -0.15) is 0 Å². The lowest BCUT2D eigenvalue weighted by Gasteiger charge is -2.14. The van der Waals surface area contributed by atoms with Crippen LogP contribution in [0.3, 0.4) is 0 Å². The first-order valence-electron chi connectivity index (χ1n) is 6.60. The third-order valence-corrected chi connectivity index (χ3v) is 5.51. The fourth-order valence-corrected chi connectivity index (χ4v) is 4.56. The van der Waals surface area contributed by atoms with Gasteiger partial charge >= 0.3 is 0 Å². The Labute approximate surface area is 127 Å². The van der Waals surface area contributed by atoms with Crippen molar-refractivity contribution in [1.82, 2.24) is 4.98 Å². The van der Waals surface area contributed by atoms with Crippen molar-refractivity contribution in [1.29, 1.82) is 0 Å². The molecule has 1 aliphatic heterocycles. The number of rotatable bonds is 1. The maximum Gasteiger partial charge on any atom is 0.136 e. The minimum Gasteiger partial charge on any atom is -0.244 e. The Kier molecular flexibility index (Phi) is 2.94. The first-order valence-corrected chi connectivity index (χ1v) is 7.86. The predicted molar refractivity (Wildman–Crippen MR) is 85.3 cm³/mol. The Balaban J connectivity index is 1.90. The molecule has 0 amide bonds. The van der Waals surface area contributed by atoms with Crippen molar-refractivity contribution in [2.75, 3.05) is 0 Å². The van der Waals surface area contributed by atoms with Crippen LogP contribution in [0, 0.1) is 0 Å². The van der Waals surface area contributed by atoms with E-state index in [0.29, 0.717) is 16.3 Å². The molecule has 1 aromatic carbocycles. The summed E-state index contributed by atoms with van der Waals surface area (Å²) in [5, 5.41) is 1.08. The monoisotopic (exact) mass is 297 g/mol. The van der Waals surface area contributed by atoms with Gasteiger partial charge in [0.05, 0.1) is 0 Å². The van der Waals surface area contributed by atoms with Crippen molar-refractivity contribution in [2.45, 2.75) is 16.1 Å². The Hall–Kier alpha value is -1.51. The largest absolute Gasteiger partial charge is 0.244 e. The molecule has 98 valence electrons. The lowest BCUT2D eigenvalue weighted by molar-refractivity contribution is 0.881. The number of hydrogen-bond acceptors (Lipinski definition) is 2. The van der Waals surface area contributed by atoms with E-state index < -0.39 is 0 Å². The molecule has 1 aromatic heterocycles. The molecule has 0 bridgehead atoms. The summed E-state index contributed by atoms with van der Waals surface area (Å²) in [5.74, 6) is 0.482. The van der Waals surface area contributed by atoms with E-state index in [4.69, 9.17) is 11.6 Å². The molecule has 1 nitrogen and oxygen atoms in total. The average Bonchev–Trinajstić information content (AvgIpc) is 2.86. The SMILES string of the molecule is Clc1ncccc1-c1cccc2c1SC1C=CC=CC21. The van der Waals surface area contributed by atoms with Crippen molar-refractivity contribution in [2.24, 2.45) is 0 Å². The number of allylic oxidation sites excluding steroid dienone is 3. The maximum atomic E-state index is 6.26. The van der Waals surface area contributed by atoms with Crippen LogP contribution in [0.5, 0.6) is 0 Å². The van der Waals surface area contributed by atoms with Crippen LogP contribution in [0.25, 0.3) is 11.1 Å². The van der Waals surface area contributed by atoms with Crippen molar-refractivity contribution >= 4 is 23.4 Å². The average molecular weight is 298 g/mol. The van der Waals surface area contributed by atoms with E-state index in [0.717, 1.165) is 5.56 Å². The summed E-state index contributed by atoms with van der Waals surface area (Å²) in [7, 11) is 0. The highest BCUT2D eigenvalue weighted by atomic mass is 35.5. The molecule has 0 fully saturated rings. The maximum absolute atomic E-state index is 6.26. The first-order chi connectivity index (χ1) is 9.84. The smallest absolute Gasteiger partial charge is 0.136 e. The summed E-state index contributed by atoms with van der Waals surface area (Å²) in [6.45, 7) is 0. The normalized spacial score (nSPS) is 22.6. The van der Waals surface area contributed by atoms with Gasteiger partial charge in [0, 0.05) is 27.8 Å². The van der Waals surface area contributed by atoms with E-state index in [1.165, 1.54) is 16.0 Å². The number of benzene rings is 1. The van der Waals surface area contributed by atoms with Crippen LogP contribution < -0.4 is 0 Å². The van der Waals surface area contributed by atoms with Crippen molar-refractivity contribution in [3.8, 4) is 11.1 Å². The summed E-state index contributed by atoms with van der Waals surface area (Å²) in [4.78, 5) is 5.54. The van der Waals surface area contributed by atoms with Gasteiger partial charge in [0.2, 0.25) is 0 Å². The predicted octanol–water partition coefficient (Wildman–Crippen LogP) is 5.09. The zero-order valence-electron chi connectivity index (χ0n) is 10.7. The fourth-order valence-electron chi connectivity index (χ4n) is 2.86. The van der Waals surface area contributed by atoms with Gasteiger partial charge in [-0.15, -0.1) is 11.8 Å². The number of thioether (sulfide) groups is 1. The minimum atomic E-state index is 0.482. The number of pyridine rings is 1. The molecule has 2 unspecified atom stereocenters. The van der Waals surface area contributed by atoms with Crippen LogP contribution in [-0.4, -0.2) is 10.2 Å². The second kappa shape index (κ2) is 4.80. The molecular weight excluding hydrogens is 286 g/mol. The van der Waals surface area contributed by atoms with Crippen LogP contribution in [0.1, 0.15) is 11.5 Å². The van der Waals surface area contributed by atoms with Crippen LogP contribution in [0.2, 0.25) is 5.15 Å². The number of fused-ring (bicyclic) bond motifs is 3. The van der Waals surface area contributed by atoms with Crippen molar-refractivity contribution < 1.29 is 0 Å². The molecule has 2 atom stereocenters. The zero-order chi connectivity index (χ0) is 13.5. The number of halogens is 1. The Morgan fingerprint density at radius 3 is 2.75 bits per heavy atom. The summed E-state index contributed by atoms with van der Waals surface area (Å²) in [5.41, 5.74) is 3.62. The van der Waals surface area contributed by atoms with E-state index in [1.807, 2.05) is 23.9 Å². The topological polar surface area (TPSA) is 12.9 Å². The van der Waals surface area contributed by atoms with E-state index in [9.17, 15) is 0 Å². The van der Waals surface area contributed by atoms with Crippen molar-refractivity contribution in [3.63, 3.8) is 0 Å². The summed E-state index contributed by atoms with van der Waals surface area (Å²) in [6.07, 6.45) is 10.6. The van der Waals surface area contributed by atoms with Gasteiger partial charge in [-0.05, 0) is 23.3 Å². The molecular formula is C17H12ClNS. The number of nitrogens with zero attached hydrogens (tertiary/aromatic N) is 1. The van der Waals surface area contributed by atoms with Gasteiger partial charge in [-0.1, -0.05) is 54.1 Å². The molecule has 20 heavy (non-hydrogen) atoms. The lowest BCUT2D eigenvalue weighted by Crippen LogP contribution is -2.06. The van der Waals surface area contributed by atoms with Gasteiger partial charge in [-0.25, -0.2) is 4.98 Å². The highest BCUT2D eigenvalue weighted by Crippen LogP contribution is 2.51. The van der Waals surface area contributed by atoms with Gasteiger partial charge < -0.3 is 0 Å². The molecule has 4 rings (SSSR count). The zero-order valence-corrected chi connectivity index (χ0v) is 12.2. The minimum absolute atomic E-state index is 0.482. The summed E-state index contributed by atoms with van der Waals surface area (Å²) >= 11 is 8.19. The standard InChI is InChI=1S/C17H12ClNS/c18-17-14(8-4-10-19-17)13-7-3-6-12-11-5-1-2-9-15(11)20-16(12)13/h1-11,15H. The molecule has 2 aliphatic rings. The Bertz CT molecular complexity index is 736. The fraction of sp³-hybridized carbons (Fsp3) is 0.118. The van der Waals surface area contributed by atoms with E-state index >= 15 is 0 Å². The molecule has 1 aliphatic carbocycles. The first kappa shape index (κ1) is 12.2. The van der Waals surface area contributed by atoms with Crippen LogP contribution >= 0.6 is 23.4 Å². The highest BCUT2D eigenvalue weighted by Gasteiger charge is 2.32. The molecule has 0 radical (unpaired) electrons. The van der Waals surface area contributed by atoms with Gasteiger partial charge in [0.1, 0.15) is 5.15 Å². The third kappa shape index (κ3) is 1.83. The molecule has 3 heteroatoms. The molecule has 2 heterocycles. The lowest BCUT2D eigenvalue weighted by atomic mass is 9.90. The Morgan fingerprint density at radius 1 is 1.00 bits per heavy atom. The number of hydrogen-bond donors (Lipinski definition) is 0. The molecule has 0 N–H and O–H groups in total. The highest BCUT2D eigenvalue weighted by molar-refractivity contribution is 8.00. The molecule has 0 spiro atoms. The van der Waals surface area contributed by atoms with Crippen LogP contribution in [0.15, 0.2) is 65.7 Å². The quantitative estimate of drug-likeness (QED) is 0.680. The molecule has 2 aromatic rings. The van der Waals surface area contributed by atoms with E-state index in [1.54, 1.807) is 6.20 Å². The van der Waals surface area contributed by atoms with Gasteiger partial charge in [0.15, 0.2) is 0 Å². The van der Waals surface area contributed by atoms with Crippen LogP contribution in [-0.2, 0) is 0 Å². The van der Waals surface area contributed by atoms with Gasteiger partial charge in [-0.3, -0.25) is 0 Å². The van der Waals surface area contributed by atoms with Gasteiger partial charge in [0.25, 0.3) is 0 Å². The van der Waals surface area contributed by atoms with Crippen LogP contribution in [0.4, 0.5) is 0 Å². The van der Waals surface area contributed by atoms with E-state index in [-0.39, 0.29) is 0 Å². The number of aromatic nitrogens is 1. The second-order valence-corrected chi connectivity index (χ2v) is 6.49. The summed E-state index contributed by atoms with van der Waals surface area (Å²) in [6, 6.07) is 10.5. The summed E-state index contributed by atoms with van der Waals surface area (Å²) < 4.78 is 0. The van der Waals surface area contributed by atoms with Crippen molar-refractivity contribution in [3.05, 3.63) is 71.5 Å². The molecule has 0 saturated heterocycles. The molecule has 0 saturated carbocycles. The van der Waals surface area contributed by atoms with E-state index in [2.05, 4.69) is 47.5 Å². The third-order valence-electron chi connectivity index (χ3n) is 3.79. The second-order valence-electron chi connectivity index (χ2n) is 4.94. The Morgan fingerprint density at radius 2 is 1.85 bits per heavy atom.